The highest BCUT2D eigenvalue weighted by Crippen LogP contribution is 2.21. The zero-order chi connectivity index (χ0) is 10.7. The third-order valence-electron chi connectivity index (χ3n) is 1.80. The summed E-state index contributed by atoms with van der Waals surface area (Å²) in [6.07, 6.45) is 0. The highest BCUT2D eigenvalue weighted by atomic mass is 32.2. The molecule has 0 spiro atoms. The molecule has 1 heterocycles. The summed E-state index contributed by atoms with van der Waals surface area (Å²) in [7, 11) is 1.40. The van der Waals surface area contributed by atoms with Gasteiger partial charge in [-0.2, -0.15) is 0 Å². The predicted octanol–water partition coefficient (Wildman–Crippen LogP) is 0.496. The van der Waals surface area contributed by atoms with Crippen LogP contribution in [0.5, 0.6) is 0 Å². The fourth-order valence-corrected chi connectivity index (χ4v) is 1.43. The number of nitrogens with zero attached hydrogens (tertiary/aromatic N) is 2. The maximum atomic E-state index is 10.8. The zero-order valence-electron chi connectivity index (χ0n) is 8.14. The van der Waals surface area contributed by atoms with Gasteiger partial charge in [0.1, 0.15) is 12.5 Å². The van der Waals surface area contributed by atoms with Gasteiger partial charge in [-0.25, -0.2) is 0 Å². The van der Waals surface area contributed by atoms with E-state index in [0.717, 1.165) is 4.31 Å². The number of rotatable bonds is 4. The van der Waals surface area contributed by atoms with Crippen molar-refractivity contribution in [2.45, 2.75) is 13.8 Å². The molecular formula is C7H11N2O4S-. The molecule has 0 fully saturated rings. The van der Waals surface area contributed by atoms with E-state index in [4.69, 9.17) is 9.26 Å². The lowest BCUT2D eigenvalue weighted by molar-refractivity contribution is 0.208. The minimum absolute atomic E-state index is 0.0804. The van der Waals surface area contributed by atoms with Gasteiger partial charge in [-0.3, -0.25) is 8.51 Å². The van der Waals surface area contributed by atoms with Crippen molar-refractivity contribution in [2.24, 2.45) is 0 Å². The van der Waals surface area contributed by atoms with E-state index in [-0.39, 0.29) is 12.5 Å². The fraction of sp³-hybridized carbons (Fsp3) is 0.571. The van der Waals surface area contributed by atoms with E-state index >= 15 is 0 Å². The van der Waals surface area contributed by atoms with Gasteiger partial charge in [-0.05, 0) is 13.8 Å². The number of hydrogen-bond donors (Lipinski definition) is 0. The smallest absolute Gasteiger partial charge is 0.188 e. The molecule has 0 aliphatic heterocycles. The van der Waals surface area contributed by atoms with Gasteiger partial charge in [-0.15, -0.1) is 0 Å². The van der Waals surface area contributed by atoms with E-state index in [1.165, 1.54) is 7.11 Å². The minimum Gasteiger partial charge on any atom is -0.755 e. The Bertz CT molecular complexity index is 338. The number of aromatic nitrogens is 1. The Labute approximate surface area is 84.2 Å². The van der Waals surface area contributed by atoms with Crippen LogP contribution in [-0.4, -0.2) is 27.8 Å². The van der Waals surface area contributed by atoms with E-state index in [2.05, 4.69) is 5.16 Å². The fourth-order valence-electron chi connectivity index (χ4n) is 0.931. The van der Waals surface area contributed by atoms with Gasteiger partial charge < -0.3 is 13.8 Å². The second-order valence-electron chi connectivity index (χ2n) is 2.70. The van der Waals surface area contributed by atoms with Crippen LogP contribution >= 0.6 is 0 Å². The Kier molecular flexibility index (Phi) is 3.62. The van der Waals surface area contributed by atoms with Crippen molar-refractivity contribution in [1.29, 1.82) is 0 Å². The standard InChI is InChI=1S/C7H12N2O4S/c1-5-6(2)13-8-7(5)9(4-12-3)14(10)11/h4H2,1-3H3,(H,10,11)/p-1. The van der Waals surface area contributed by atoms with Crippen LogP contribution in [0.2, 0.25) is 0 Å². The molecule has 1 aromatic rings. The van der Waals surface area contributed by atoms with Gasteiger partial charge in [0.2, 0.25) is 0 Å². The molecule has 1 atom stereocenters. The molecule has 7 heteroatoms. The van der Waals surface area contributed by atoms with Crippen LogP contribution in [-0.2, 0) is 16.0 Å². The first-order valence-electron chi connectivity index (χ1n) is 3.86. The highest BCUT2D eigenvalue weighted by molar-refractivity contribution is 7.80. The van der Waals surface area contributed by atoms with Gasteiger partial charge in [0.15, 0.2) is 5.82 Å². The van der Waals surface area contributed by atoms with Crippen molar-refractivity contribution < 1.29 is 18.0 Å². The minimum atomic E-state index is -2.42. The van der Waals surface area contributed by atoms with Gasteiger partial charge in [0, 0.05) is 12.7 Å². The summed E-state index contributed by atoms with van der Waals surface area (Å²) in [4.78, 5) is 0. The van der Waals surface area contributed by atoms with Crippen molar-refractivity contribution >= 4 is 17.1 Å². The average Bonchev–Trinajstić information content (AvgIpc) is 2.44. The second kappa shape index (κ2) is 4.54. The molecule has 0 saturated carbocycles. The van der Waals surface area contributed by atoms with Gasteiger partial charge in [0.05, 0.1) is 11.3 Å². The van der Waals surface area contributed by atoms with E-state index in [1.54, 1.807) is 13.8 Å². The molecule has 0 bridgehead atoms. The molecule has 14 heavy (non-hydrogen) atoms. The van der Waals surface area contributed by atoms with Crippen molar-refractivity contribution in [3.63, 3.8) is 0 Å². The second-order valence-corrected chi connectivity index (χ2v) is 3.58. The lowest BCUT2D eigenvalue weighted by atomic mass is 10.3. The molecule has 1 unspecified atom stereocenters. The van der Waals surface area contributed by atoms with Gasteiger partial charge >= 0.3 is 0 Å². The van der Waals surface area contributed by atoms with Crippen LogP contribution in [0.3, 0.4) is 0 Å². The summed E-state index contributed by atoms with van der Waals surface area (Å²) < 4.78 is 32.2. The average molecular weight is 219 g/mol. The van der Waals surface area contributed by atoms with Crippen molar-refractivity contribution in [3.05, 3.63) is 11.3 Å². The number of anilines is 1. The summed E-state index contributed by atoms with van der Waals surface area (Å²) >= 11 is -2.42. The Hall–Kier alpha value is -0.920. The Morgan fingerprint density at radius 3 is 2.64 bits per heavy atom. The molecule has 0 aliphatic carbocycles. The number of aryl methyl sites for hydroxylation is 1. The van der Waals surface area contributed by atoms with E-state index in [1.807, 2.05) is 0 Å². The summed E-state index contributed by atoms with van der Waals surface area (Å²) in [6.45, 7) is 3.37. The quantitative estimate of drug-likeness (QED) is 0.544. The molecule has 0 amide bonds. The van der Waals surface area contributed by atoms with Crippen LogP contribution in [0.4, 0.5) is 5.82 Å². The third kappa shape index (κ3) is 2.11. The van der Waals surface area contributed by atoms with E-state index in [9.17, 15) is 8.76 Å². The number of ether oxygens (including phenoxy) is 1. The van der Waals surface area contributed by atoms with Crippen molar-refractivity contribution in [3.8, 4) is 0 Å². The lowest BCUT2D eigenvalue weighted by Crippen LogP contribution is -2.28. The molecule has 0 N–H and O–H groups in total. The topological polar surface area (TPSA) is 78.6 Å². The molecule has 1 aromatic heterocycles. The van der Waals surface area contributed by atoms with Crippen molar-refractivity contribution in [1.82, 2.24) is 5.16 Å². The van der Waals surface area contributed by atoms with Crippen LogP contribution in [0, 0.1) is 13.8 Å². The monoisotopic (exact) mass is 219 g/mol. The summed E-state index contributed by atoms with van der Waals surface area (Å²) in [5.74, 6) is 0.851. The van der Waals surface area contributed by atoms with Crippen LogP contribution in [0.25, 0.3) is 0 Å². The number of hydrogen-bond acceptors (Lipinski definition) is 5. The van der Waals surface area contributed by atoms with E-state index < -0.39 is 11.3 Å². The summed E-state index contributed by atoms with van der Waals surface area (Å²) in [6, 6.07) is 0. The predicted molar refractivity (Wildman–Crippen MR) is 49.3 cm³/mol. The highest BCUT2D eigenvalue weighted by Gasteiger charge is 2.16. The number of methoxy groups -OCH3 is 1. The molecule has 0 radical (unpaired) electrons. The van der Waals surface area contributed by atoms with Crippen LogP contribution in [0.1, 0.15) is 11.3 Å². The first kappa shape index (κ1) is 11.2. The molecular weight excluding hydrogens is 208 g/mol. The summed E-state index contributed by atoms with van der Waals surface area (Å²) in [5.41, 5.74) is 0.686. The summed E-state index contributed by atoms with van der Waals surface area (Å²) in [5, 5.41) is 3.63. The molecule has 0 saturated heterocycles. The third-order valence-corrected chi connectivity index (χ3v) is 2.43. The van der Waals surface area contributed by atoms with Crippen LogP contribution < -0.4 is 4.31 Å². The van der Waals surface area contributed by atoms with Crippen LogP contribution in [0.15, 0.2) is 4.52 Å². The molecule has 0 aromatic carbocycles. The lowest BCUT2D eigenvalue weighted by Gasteiger charge is -2.22. The maximum absolute atomic E-state index is 10.8. The first-order chi connectivity index (χ1) is 6.57. The Balaban J connectivity index is 2.99. The SMILES string of the molecule is COCN(c1noc(C)c1C)S(=O)[O-]. The zero-order valence-corrected chi connectivity index (χ0v) is 8.96. The maximum Gasteiger partial charge on any atom is 0.188 e. The molecule has 6 nitrogen and oxygen atoms in total. The first-order valence-corrected chi connectivity index (χ1v) is 4.89. The molecule has 1 rings (SSSR count). The molecule has 80 valence electrons. The normalized spacial score (nSPS) is 12.9. The Morgan fingerprint density at radius 2 is 2.29 bits per heavy atom. The van der Waals surface area contributed by atoms with Gasteiger partial charge in [-0.1, -0.05) is 5.16 Å². The molecule has 0 aliphatic rings. The largest absolute Gasteiger partial charge is 0.755 e. The van der Waals surface area contributed by atoms with E-state index in [0.29, 0.717) is 11.3 Å². The Morgan fingerprint density at radius 1 is 1.64 bits per heavy atom. The van der Waals surface area contributed by atoms with Gasteiger partial charge in [0.25, 0.3) is 0 Å². The van der Waals surface area contributed by atoms with Crippen molar-refractivity contribution in [2.75, 3.05) is 18.1 Å².